The third-order valence-corrected chi connectivity index (χ3v) is 4.97. The summed E-state index contributed by atoms with van der Waals surface area (Å²) in [7, 11) is -2.38. The van der Waals surface area contributed by atoms with Gasteiger partial charge in [-0.2, -0.15) is 0 Å². The van der Waals surface area contributed by atoms with Gasteiger partial charge in [-0.25, -0.2) is 37.3 Å². The molecule has 4 aromatic rings. The van der Waals surface area contributed by atoms with Gasteiger partial charge in [0, 0.05) is 37.9 Å². The third kappa shape index (κ3) is 35.2. The second-order valence-electron chi connectivity index (χ2n) is 9.60. The van der Waals surface area contributed by atoms with Crippen molar-refractivity contribution < 1.29 is 102 Å². The molecule has 0 N–H and O–H groups in total. The van der Waals surface area contributed by atoms with Gasteiger partial charge in [0.2, 0.25) is 0 Å². The quantitative estimate of drug-likeness (QED) is 0.0902. The molecule has 4 heterocycles. The fraction of sp³-hybridized carbons (Fsp3) is 0.267. The van der Waals surface area contributed by atoms with Crippen LogP contribution in [-0.4, -0.2) is 95.9 Å². The molecule has 0 fully saturated rings. The maximum atomic E-state index is 11.2. The normalized spacial score (nSPS) is 11.0. The van der Waals surface area contributed by atoms with Gasteiger partial charge in [-0.05, 0) is 88.5 Å². The summed E-state index contributed by atoms with van der Waals surface area (Å²) in [5, 5.41) is 22.3. The van der Waals surface area contributed by atoms with Crippen molar-refractivity contribution in [2.45, 2.75) is 0 Å². The zero-order chi connectivity index (χ0) is 38.0. The Hall–Kier alpha value is -3.24. The second-order valence-corrected chi connectivity index (χ2v) is 11.1. The number of halogens is 2. The molecular weight excluding hydrogens is 830 g/mol. The number of hydrogen-bond acceptors (Lipinski definition) is 18. The van der Waals surface area contributed by atoms with Crippen LogP contribution in [0.5, 0.6) is 0 Å². The van der Waals surface area contributed by atoms with Crippen LogP contribution in [0.3, 0.4) is 0 Å². The van der Waals surface area contributed by atoms with Gasteiger partial charge in [0.25, 0.3) is 0 Å². The molecule has 2 radical (unpaired) electrons. The first kappa shape index (κ1) is 53.1. The van der Waals surface area contributed by atoms with E-state index in [1.807, 2.05) is 111 Å². The average molecular weight is 867 g/mol. The molecule has 0 atom stereocenters. The van der Waals surface area contributed by atoms with Gasteiger partial charge in [-0.3, -0.25) is 29.9 Å². The smallest absolute Gasteiger partial charge is 0.858 e. The number of aliphatic imine (C=N–C) groups is 2. The van der Waals surface area contributed by atoms with E-state index in [4.69, 9.17) is 37.3 Å². The van der Waals surface area contributed by atoms with E-state index < -0.39 is 32.3 Å². The monoisotopic (exact) mass is 864 g/mol. The van der Waals surface area contributed by atoms with E-state index >= 15 is 0 Å². The molecule has 0 bridgehead atoms. The molecule has 0 aliphatic heterocycles. The number of pyridine rings is 4. The molecule has 0 aromatic carbocycles. The van der Waals surface area contributed by atoms with Gasteiger partial charge in [0.1, 0.15) is 0 Å². The molecule has 52 heavy (non-hydrogen) atoms. The van der Waals surface area contributed by atoms with E-state index in [9.17, 15) is 10.2 Å². The summed E-state index contributed by atoms with van der Waals surface area (Å²) in [6.45, 7) is 1.97. The van der Waals surface area contributed by atoms with Crippen LogP contribution in [-0.2, 0) is 34.1 Å². The van der Waals surface area contributed by atoms with E-state index in [1.165, 1.54) is 0 Å². The van der Waals surface area contributed by atoms with Crippen LogP contribution >= 0.6 is 0 Å². The van der Waals surface area contributed by atoms with Gasteiger partial charge >= 0.3 is 34.1 Å². The Morgan fingerprint density at radius 1 is 0.481 bits per heavy atom. The van der Waals surface area contributed by atoms with Crippen LogP contribution in [0.2, 0.25) is 0 Å². The number of hydrogen-bond donors (Lipinski definition) is 0. The summed E-state index contributed by atoms with van der Waals surface area (Å²) in [6, 6.07) is 23.2. The second kappa shape index (κ2) is 30.2. The Morgan fingerprint density at radius 3 is 0.846 bits per heavy atom. The first-order chi connectivity index (χ1) is 23.4. The number of nitrogens with zero attached hydrogens (tertiary/aromatic N) is 8. The van der Waals surface area contributed by atoms with Gasteiger partial charge in [-0.1, -0.05) is 24.3 Å². The Kier molecular flexibility index (Phi) is 30.9. The molecule has 22 heteroatoms. The number of aromatic nitrogens is 4. The van der Waals surface area contributed by atoms with E-state index in [1.54, 1.807) is 24.8 Å². The van der Waals surface area contributed by atoms with Gasteiger partial charge in [0.05, 0.1) is 35.9 Å². The van der Waals surface area contributed by atoms with Crippen LogP contribution in [0.25, 0.3) is 22.8 Å². The van der Waals surface area contributed by atoms with Crippen molar-refractivity contribution in [1.82, 2.24) is 29.7 Å². The molecule has 0 aliphatic rings. The third-order valence-electron chi connectivity index (χ3n) is 4.97. The first-order valence-corrected chi connectivity index (χ1v) is 16.4. The Morgan fingerprint density at radius 2 is 0.692 bits per heavy atom. The van der Waals surface area contributed by atoms with Gasteiger partial charge in [-0.15, -0.1) is 20.5 Å². The van der Waals surface area contributed by atoms with Crippen LogP contribution in [0.4, 0.5) is 0 Å². The first-order valence-electron chi connectivity index (χ1n) is 14.0. The molecule has 0 spiro atoms. The fourth-order valence-electron chi connectivity index (χ4n) is 2.90. The summed E-state index contributed by atoms with van der Waals surface area (Å²) in [4.78, 5) is 27.8. The molecule has 4 rings (SSSR count). The van der Waals surface area contributed by atoms with Crippen molar-refractivity contribution in [3.8, 4) is 22.8 Å². The van der Waals surface area contributed by atoms with Gasteiger partial charge in [0.15, 0.2) is 0 Å². The van der Waals surface area contributed by atoms with Crippen molar-refractivity contribution in [3.05, 3.63) is 97.6 Å². The van der Waals surface area contributed by atoms with Crippen LogP contribution in [0.1, 0.15) is 0 Å². The van der Waals surface area contributed by atoms with Crippen molar-refractivity contribution in [2.24, 2.45) is 9.98 Å². The minimum atomic E-state index is -4.94. The minimum absolute atomic E-state index is 0. The Balaban J connectivity index is -0.000000606. The molecule has 0 amide bonds. The summed E-state index contributed by atoms with van der Waals surface area (Å²) in [6.07, 6.45) is 7.07. The Labute approximate surface area is 327 Å². The average Bonchev–Trinajstić information content (AvgIpc) is 3.05. The van der Waals surface area contributed by atoms with E-state index in [0.717, 1.165) is 22.8 Å². The van der Waals surface area contributed by atoms with E-state index in [2.05, 4.69) is 29.9 Å². The molecule has 0 saturated carbocycles. The molecule has 0 aliphatic carbocycles. The molecule has 0 saturated heterocycles. The Bertz CT molecular complexity index is 1280. The maximum absolute atomic E-state index is 11.2. The number of likely N-dealkylation sites (N-methyl/N-ethyl adjacent to an activating group) is 2. The zero-order valence-corrected chi connectivity index (χ0v) is 31.5. The van der Waals surface area contributed by atoms with Crippen molar-refractivity contribution in [1.29, 1.82) is 0 Å². The van der Waals surface area contributed by atoms with Crippen molar-refractivity contribution in [3.63, 3.8) is 0 Å². The summed E-state index contributed by atoms with van der Waals surface area (Å²) >= 11 is 0. The van der Waals surface area contributed by atoms with E-state index in [0.29, 0.717) is 26.2 Å². The van der Waals surface area contributed by atoms with Crippen LogP contribution in [0.15, 0.2) is 108 Å². The largest absolute Gasteiger partial charge is 2.00 e. The predicted octanol–water partition coefficient (Wildman–Crippen LogP) is -7.60. The number of rotatable bonds is 8. The topological polar surface area (TPSA) is 313 Å². The maximum Gasteiger partial charge on any atom is 2.00 e. The standard InChI is InChI=1S/C10H22N4O2.2C10H8N2.2ClHO4.2Cu/c1-13(2)7-5-11-9(15)10(16)12-6-8-14(3)4;2*1-3-7-11-9(5-1)10-6-2-4-8-12-10;2*2-1(3,4)5;;/h5-8H2,1-4H3,(H,11,15)(H,12,16);2*1-8H;2*(H,2,3,4,5);;/q;;;;;2*+2/p-4. The summed E-state index contributed by atoms with van der Waals surface area (Å²) in [5.41, 5.74) is 3.66. The summed E-state index contributed by atoms with van der Waals surface area (Å²) in [5.74, 6) is -1.50. The van der Waals surface area contributed by atoms with Crippen molar-refractivity contribution in [2.75, 3.05) is 54.4 Å². The van der Waals surface area contributed by atoms with Gasteiger partial charge < -0.3 is 20.0 Å². The molecule has 0 unspecified atom stereocenters. The molecular formula is C30H36Cl2Cu2N8O10. The van der Waals surface area contributed by atoms with Crippen LogP contribution in [0, 0.1) is 20.5 Å². The minimum Gasteiger partial charge on any atom is -0.858 e. The zero-order valence-electron chi connectivity index (χ0n) is 28.1. The fourth-order valence-corrected chi connectivity index (χ4v) is 2.90. The summed E-state index contributed by atoms with van der Waals surface area (Å²) < 4.78 is 67.9. The molecule has 18 nitrogen and oxygen atoms in total. The van der Waals surface area contributed by atoms with Crippen LogP contribution < -0.4 is 47.5 Å². The predicted molar refractivity (Wildman–Crippen MR) is 157 cm³/mol. The molecule has 292 valence electrons. The van der Waals surface area contributed by atoms with Crippen molar-refractivity contribution >= 4 is 11.8 Å². The SMILES string of the molecule is CN(C)CCN=C([O-])C([O-])=NCCN(C)C.[Cu+2].[Cu+2].[O-][Cl+3]([O-])([O-])[O-].[O-][Cl+3]([O-])([O-])[O-].c1ccc(-c2ccccn2)nc1.c1ccc(-c2ccccn2)nc1. The molecule has 4 aromatic heterocycles. The van der Waals surface area contributed by atoms with E-state index in [-0.39, 0.29) is 34.1 Å².